The zero-order valence-electron chi connectivity index (χ0n) is 16.9. The van der Waals surface area contributed by atoms with Crippen LogP contribution in [-0.2, 0) is 9.59 Å². The summed E-state index contributed by atoms with van der Waals surface area (Å²) in [6.45, 7) is -0.163. The fourth-order valence-electron chi connectivity index (χ4n) is 3.39. The summed E-state index contributed by atoms with van der Waals surface area (Å²) < 4.78 is 0. The first-order valence-electron chi connectivity index (χ1n) is 9.58. The number of nitrogens with one attached hydrogen (secondary N) is 1. The van der Waals surface area contributed by atoms with Gasteiger partial charge in [0.15, 0.2) is 0 Å². The molecule has 1 aliphatic rings. The van der Waals surface area contributed by atoms with E-state index in [1.807, 2.05) is 12.1 Å². The van der Waals surface area contributed by atoms with Crippen LogP contribution in [-0.4, -0.2) is 58.7 Å². The molecule has 1 saturated heterocycles. The molecule has 9 heteroatoms. The van der Waals surface area contributed by atoms with E-state index in [2.05, 4.69) is 16.4 Å². The number of pyridine rings is 1. The molecule has 2 heterocycles. The Kier molecular flexibility index (Phi) is 6.58. The zero-order chi connectivity index (χ0) is 22.4. The Morgan fingerprint density at radius 2 is 1.97 bits per heavy atom. The predicted molar refractivity (Wildman–Crippen MR) is 110 cm³/mol. The molecule has 9 nitrogen and oxygen atoms in total. The van der Waals surface area contributed by atoms with Gasteiger partial charge in [0.05, 0.1) is 29.7 Å². The van der Waals surface area contributed by atoms with Gasteiger partial charge in [-0.2, -0.15) is 10.5 Å². The first kappa shape index (κ1) is 21.5. The number of likely N-dealkylation sites (N-methyl/N-ethyl adjacent to an activating group) is 1. The van der Waals surface area contributed by atoms with Crippen LogP contribution in [0.25, 0.3) is 0 Å². The molecule has 1 aliphatic heterocycles. The van der Waals surface area contributed by atoms with E-state index in [1.165, 1.54) is 35.3 Å². The van der Waals surface area contributed by atoms with Crippen LogP contribution in [0.4, 0.5) is 5.69 Å². The summed E-state index contributed by atoms with van der Waals surface area (Å²) in [5.74, 6) is -1.68. The predicted octanol–water partition coefficient (Wildman–Crippen LogP) is 1.40. The Labute approximate surface area is 179 Å². The first-order valence-corrected chi connectivity index (χ1v) is 9.58. The average Bonchev–Trinajstić information content (AvgIpc) is 3.24. The molecule has 0 bridgehead atoms. The van der Waals surface area contributed by atoms with Gasteiger partial charge in [0.2, 0.25) is 11.8 Å². The average molecular weight is 416 g/mol. The van der Waals surface area contributed by atoms with E-state index in [0.29, 0.717) is 5.69 Å². The van der Waals surface area contributed by atoms with Crippen molar-refractivity contribution >= 4 is 23.4 Å². The van der Waals surface area contributed by atoms with Crippen LogP contribution in [0.2, 0.25) is 0 Å². The van der Waals surface area contributed by atoms with Gasteiger partial charge in [-0.1, -0.05) is 18.2 Å². The highest BCUT2D eigenvalue weighted by Crippen LogP contribution is 2.25. The second-order valence-electron chi connectivity index (χ2n) is 7.21. The second kappa shape index (κ2) is 9.51. The smallest absolute Gasteiger partial charge is 0.255 e. The van der Waals surface area contributed by atoms with Gasteiger partial charge in [0.25, 0.3) is 5.91 Å². The molecule has 2 aromatic rings. The molecule has 31 heavy (non-hydrogen) atoms. The molecule has 1 aromatic heterocycles. The number of benzene rings is 1. The third-order valence-electron chi connectivity index (χ3n) is 5.02. The number of para-hydroxylation sites is 1. The molecule has 2 unspecified atom stereocenters. The van der Waals surface area contributed by atoms with Crippen molar-refractivity contribution in [3.63, 3.8) is 0 Å². The Balaban J connectivity index is 1.63. The Bertz CT molecular complexity index is 1070. The van der Waals surface area contributed by atoms with Gasteiger partial charge in [-0.15, -0.1) is 0 Å². The molecule has 3 rings (SSSR count). The van der Waals surface area contributed by atoms with E-state index in [1.54, 1.807) is 24.3 Å². The van der Waals surface area contributed by atoms with Crippen LogP contribution in [0.5, 0.6) is 0 Å². The second-order valence-corrected chi connectivity index (χ2v) is 7.21. The Morgan fingerprint density at radius 3 is 2.65 bits per heavy atom. The van der Waals surface area contributed by atoms with Crippen molar-refractivity contribution in [2.24, 2.45) is 5.92 Å². The van der Waals surface area contributed by atoms with Crippen molar-refractivity contribution in [3.8, 4) is 12.1 Å². The molecule has 1 fully saturated rings. The number of nitriles is 2. The zero-order valence-corrected chi connectivity index (χ0v) is 16.9. The lowest BCUT2D eigenvalue weighted by Crippen LogP contribution is -2.43. The lowest BCUT2D eigenvalue weighted by atomic mass is 10.1. The van der Waals surface area contributed by atoms with Crippen molar-refractivity contribution < 1.29 is 14.4 Å². The van der Waals surface area contributed by atoms with Crippen LogP contribution in [0.3, 0.4) is 0 Å². The maximum absolute atomic E-state index is 12.8. The number of nitrogens with zero attached hydrogens (tertiary/aromatic N) is 5. The van der Waals surface area contributed by atoms with Gasteiger partial charge in [0.1, 0.15) is 12.1 Å². The Morgan fingerprint density at radius 1 is 1.23 bits per heavy atom. The van der Waals surface area contributed by atoms with Crippen molar-refractivity contribution in [2.45, 2.75) is 12.5 Å². The van der Waals surface area contributed by atoms with Crippen LogP contribution < -0.4 is 5.32 Å². The van der Waals surface area contributed by atoms with Crippen LogP contribution >= 0.6 is 0 Å². The van der Waals surface area contributed by atoms with Gasteiger partial charge in [0, 0.05) is 31.7 Å². The molecule has 0 radical (unpaired) electrons. The van der Waals surface area contributed by atoms with E-state index < -0.39 is 23.8 Å². The molecule has 0 aliphatic carbocycles. The molecule has 0 spiro atoms. The lowest BCUT2D eigenvalue weighted by Gasteiger charge is -2.23. The molecule has 156 valence electrons. The summed E-state index contributed by atoms with van der Waals surface area (Å²) in [5.41, 5.74) is 1.07. The minimum absolute atomic E-state index is 0.100. The number of carbonyl (C=O) groups is 3. The summed E-state index contributed by atoms with van der Waals surface area (Å²) in [7, 11) is 1.45. The summed E-state index contributed by atoms with van der Waals surface area (Å²) >= 11 is 0. The van der Waals surface area contributed by atoms with E-state index in [4.69, 9.17) is 5.26 Å². The number of aromatic nitrogens is 1. The van der Waals surface area contributed by atoms with E-state index >= 15 is 0 Å². The Hall–Kier alpha value is -4.24. The van der Waals surface area contributed by atoms with Crippen molar-refractivity contribution in [3.05, 3.63) is 59.9 Å². The van der Waals surface area contributed by atoms with Gasteiger partial charge in [-0.25, -0.2) is 0 Å². The van der Waals surface area contributed by atoms with E-state index in [0.717, 1.165) is 0 Å². The highest BCUT2D eigenvalue weighted by Gasteiger charge is 2.39. The monoisotopic (exact) mass is 416 g/mol. The third kappa shape index (κ3) is 5.03. The third-order valence-corrected chi connectivity index (χ3v) is 5.02. The van der Waals surface area contributed by atoms with Crippen molar-refractivity contribution in [1.82, 2.24) is 14.8 Å². The largest absolute Gasteiger partial charge is 0.332 e. The van der Waals surface area contributed by atoms with Crippen molar-refractivity contribution in [2.75, 3.05) is 25.5 Å². The standard InChI is InChI=1S/C22H20N6O3/c1-27(22(31)16-7-15(9-23)11-25-12-16)14-20(29)28-13-17(8-19(28)10-24)21(30)26-18-5-3-2-4-6-18/h2-7,11-12,17,19H,8,13-14H2,1H3,(H,26,30). The molecule has 1 aromatic carbocycles. The fourth-order valence-corrected chi connectivity index (χ4v) is 3.39. The number of amides is 3. The quantitative estimate of drug-likeness (QED) is 0.784. The van der Waals surface area contributed by atoms with Crippen LogP contribution in [0.15, 0.2) is 48.8 Å². The van der Waals surface area contributed by atoms with Crippen LogP contribution in [0, 0.1) is 28.6 Å². The fraction of sp³-hybridized carbons (Fsp3) is 0.273. The minimum Gasteiger partial charge on any atom is -0.332 e. The summed E-state index contributed by atoms with van der Waals surface area (Å²) in [5, 5.41) is 21.2. The number of rotatable bonds is 5. The number of anilines is 1. The minimum atomic E-state index is -0.744. The normalized spacial score (nSPS) is 17.3. The molecular formula is C22H20N6O3. The topological polar surface area (TPSA) is 130 Å². The number of carbonyl (C=O) groups excluding carboxylic acids is 3. The number of hydrogen-bond acceptors (Lipinski definition) is 6. The highest BCUT2D eigenvalue weighted by atomic mass is 16.2. The van der Waals surface area contributed by atoms with Gasteiger partial charge < -0.3 is 15.1 Å². The van der Waals surface area contributed by atoms with Crippen molar-refractivity contribution in [1.29, 1.82) is 10.5 Å². The summed E-state index contributed by atoms with van der Waals surface area (Å²) in [6.07, 6.45) is 2.89. The molecule has 0 saturated carbocycles. The van der Waals surface area contributed by atoms with Crippen LogP contribution in [0.1, 0.15) is 22.3 Å². The highest BCUT2D eigenvalue weighted by molar-refractivity contribution is 5.97. The van der Waals surface area contributed by atoms with Gasteiger partial charge in [-0.3, -0.25) is 19.4 Å². The molecule has 1 N–H and O–H groups in total. The molecule has 2 atom stereocenters. The maximum atomic E-state index is 12.8. The lowest BCUT2D eigenvalue weighted by molar-refractivity contribution is -0.131. The first-order chi connectivity index (χ1) is 14.9. The maximum Gasteiger partial charge on any atom is 0.255 e. The molecule has 3 amide bonds. The number of hydrogen-bond donors (Lipinski definition) is 1. The number of likely N-dealkylation sites (tertiary alicyclic amines) is 1. The SMILES string of the molecule is CN(CC(=O)N1CC(C(=O)Nc2ccccc2)CC1C#N)C(=O)c1cncc(C#N)c1. The van der Waals surface area contributed by atoms with E-state index in [-0.39, 0.29) is 36.5 Å². The summed E-state index contributed by atoms with van der Waals surface area (Å²) in [6, 6.07) is 13.6. The molecular weight excluding hydrogens is 396 g/mol. The van der Waals surface area contributed by atoms with Gasteiger partial charge >= 0.3 is 0 Å². The van der Waals surface area contributed by atoms with Gasteiger partial charge in [-0.05, 0) is 24.6 Å². The van der Waals surface area contributed by atoms with E-state index in [9.17, 15) is 19.6 Å². The summed E-state index contributed by atoms with van der Waals surface area (Å²) in [4.78, 5) is 44.3.